The number of hydrogen-bond acceptors (Lipinski definition) is 7. The number of carbonyl (C=O) groups is 1. The van der Waals surface area contributed by atoms with E-state index in [9.17, 15) is 13.2 Å². The van der Waals surface area contributed by atoms with Gasteiger partial charge in [-0.2, -0.15) is 0 Å². The molecule has 0 aliphatic carbocycles. The van der Waals surface area contributed by atoms with Crippen molar-refractivity contribution in [2.24, 2.45) is 0 Å². The van der Waals surface area contributed by atoms with Crippen molar-refractivity contribution in [1.29, 1.82) is 0 Å². The lowest BCUT2D eigenvalue weighted by atomic mass is 10.2. The van der Waals surface area contributed by atoms with Crippen LogP contribution in [0.25, 0.3) is 10.6 Å². The van der Waals surface area contributed by atoms with Gasteiger partial charge in [-0.15, -0.1) is 10.2 Å². The van der Waals surface area contributed by atoms with Crippen LogP contribution in [0.3, 0.4) is 0 Å². The molecule has 1 atom stereocenters. The Balaban J connectivity index is 1.53. The van der Waals surface area contributed by atoms with Gasteiger partial charge >= 0.3 is 0 Å². The summed E-state index contributed by atoms with van der Waals surface area (Å²) in [6.07, 6.45) is -1.02. The summed E-state index contributed by atoms with van der Waals surface area (Å²) in [5.74, 6) is -0.254. The number of rotatable bonds is 5. The molecular formula is C19H17ClN4O4S2. The van der Waals surface area contributed by atoms with Crippen molar-refractivity contribution >= 4 is 49.7 Å². The maximum absolute atomic E-state index is 12.8. The van der Waals surface area contributed by atoms with Crippen LogP contribution in [0.15, 0.2) is 48.5 Å². The van der Waals surface area contributed by atoms with E-state index in [-0.39, 0.29) is 17.4 Å². The van der Waals surface area contributed by atoms with Gasteiger partial charge in [0.2, 0.25) is 15.2 Å². The number of ether oxygens (including phenoxy) is 1. The largest absolute Gasteiger partial charge is 0.476 e. The van der Waals surface area contributed by atoms with E-state index in [2.05, 4.69) is 15.5 Å². The zero-order valence-electron chi connectivity index (χ0n) is 15.8. The fourth-order valence-electron chi connectivity index (χ4n) is 2.93. The molecule has 1 aliphatic heterocycles. The number of halogens is 1. The van der Waals surface area contributed by atoms with Crippen LogP contribution in [-0.4, -0.2) is 42.9 Å². The van der Waals surface area contributed by atoms with Gasteiger partial charge in [-0.3, -0.25) is 14.4 Å². The monoisotopic (exact) mass is 464 g/mol. The second kappa shape index (κ2) is 8.21. The Morgan fingerprint density at radius 1 is 1.23 bits per heavy atom. The molecule has 0 saturated carbocycles. The van der Waals surface area contributed by atoms with Crippen molar-refractivity contribution in [2.75, 3.05) is 21.9 Å². The van der Waals surface area contributed by atoms with Gasteiger partial charge in [-0.05, 0) is 31.2 Å². The van der Waals surface area contributed by atoms with Crippen molar-refractivity contribution in [3.63, 3.8) is 0 Å². The topological polar surface area (TPSA) is 101 Å². The van der Waals surface area contributed by atoms with Gasteiger partial charge < -0.3 is 4.74 Å². The number of hydrogen-bond donors (Lipinski definition) is 1. The predicted octanol–water partition coefficient (Wildman–Crippen LogP) is 3.41. The summed E-state index contributed by atoms with van der Waals surface area (Å²) in [4.78, 5) is 12.8. The van der Waals surface area contributed by atoms with E-state index >= 15 is 0 Å². The Hall–Kier alpha value is -2.69. The first-order valence-corrected chi connectivity index (χ1v) is 11.8. The minimum atomic E-state index is -3.57. The van der Waals surface area contributed by atoms with E-state index in [1.165, 1.54) is 15.6 Å². The number of nitrogens with one attached hydrogen (secondary N) is 1. The highest BCUT2D eigenvalue weighted by Gasteiger charge is 2.36. The number of nitrogens with zero attached hydrogens (tertiary/aromatic N) is 3. The van der Waals surface area contributed by atoms with Gasteiger partial charge in [0.1, 0.15) is 10.8 Å². The number of sulfonamides is 1. The van der Waals surface area contributed by atoms with Crippen molar-refractivity contribution in [3.05, 3.63) is 53.6 Å². The Morgan fingerprint density at radius 3 is 2.70 bits per heavy atom. The molecule has 1 amide bonds. The number of para-hydroxylation sites is 2. The van der Waals surface area contributed by atoms with Gasteiger partial charge in [-0.25, -0.2) is 8.42 Å². The maximum Gasteiger partial charge on any atom is 0.269 e. The number of amides is 1. The molecule has 3 aromatic rings. The Labute approximate surface area is 182 Å². The third kappa shape index (κ3) is 4.11. The summed E-state index contributed by atoms with van der Waals surface area (Å²) < 4.78 is 32.1. The Bertz CT molecular complexity index is 1180. The standard InChI is InChI=1S/C19H17ClN4O4S2/c1-2-30(26,27)24-11-16(28-15-6-4-3-5-14(15)24)17(25)21-19-23-22-18(29-19)12-7-9-13(20)10-8-12/h3-10,16H,2,11H2,1H3,(H,21,23,25). The SMILES string of the molecule is CCS(=O)(=O)N1CC(C(=O)Nc2nnc(-c3ccc(Cl)cc3)s2)Oc2ccccc21. The van der Waals surface area contributed by atoms with Crippen molar-refractivity contribution in [1.82, 2.24) is 10.2 Å². The van der Waals surface area contributed by atoms with Crippen LogP contribution in [0.4, 0.5) is 10.8 Å². The van der Waals surface area contributed by atoms with Crippen LogP contribution in [-0.2, 0) is 14.8 Å². The Kier molecular flexibility index (Phi) is 5.63. The van der Waals surface area contributed by atoms with Crippen LogP contribution in [0, 0.1) is 0 Å². The van der Waals surface area contributed by atoms with Crippen LogP contribution in [0.2, 0.25) is 5.02 Å². The van der Waals surface area contributed by atoms with E-state index in [1.54, 1.807) is 43.3 Å². The fraction of sp³-hybridized carbons (Fsp3) is 0.211. The summed E-state index contributed by atoms with van der Waals surface area (Å²) in [5, 5.41) is 12.3. The minimum Gasteiger partial charge on any atom is -0.476 e. The third-order valence-corrected chi connectivity index (χ3v) is 7.36. The van der Waals surface area contributed by atoms with Crippen LogP contribution >= 0.6 is 22.9 Å². The molecule has 1 aromatic heterocycles. The molecule has 11 heteroatoms. The molecule has 0 fully saturated rings. The third-order valence-electron chi connectivity index (χ3n) is 4.47. The van der Waals surface area contributed by atoms with Gasteiger partial charge in [-0.1, -0.05) is 47.2 Å². The van der Waals surface area contributed by atoms with E-state index in [0.717, 1.165) is 5.56 Å². The molecule has 1 unspecified atom stereocenters. The first-order chi connectivity index (χ1) is 14.4. The zero-order valence-corrected chi connectivity index (χ0v) is 18.2. The molecule has 0 bridgehead atoms. The smallest absolute Gasteiger partial charge is 0.269 e. The Morgan fingerprint density at radius 2 is 1.97 bits per heavy atom. The van der Waals surface area contributed by atoms with Crippen molar-refractivity contribution in [3.8, 4) is 16.3 Å². The molecule has 0 saturated heterocycles. The number of benzene rings is 2. The zero-order chi connectivity index (χ0) is 21.3. The number of aromatic nitrogens is 2. The highest BCUT2D eigenvalue weighted by molar-refractivity contribution is 7.92. The predicted molar refractivity (Wildman–Crippen MR) is 117 cm³/mol. The maximum atomic E-state index is 12.8. The number of anilines is 2. The van der Waals surface area contributed by atoms with E-state index < -0.39 is 22.0 Å². The highest BCUT2D eigenvalue weighted by Crippen LogP contribution is 2.35. The van der Waals surface area contributed by atoms with Gasteiger partial charge in [0.25, 0.3) is 5.91 Å². The average molecular weight is 465 g/mol. The summed E-state index contributed by atoms with van der Waals surface area (Å²) in [6.45, 7) is 1.43. The molecule has 156 valence electrons. The van der Waals surface area contributed by atoms with Crippen molar-refractivity contribution < 1.29 is 17.9 Å². The molecule has 0 spiro atoms. The molecule has 1 N–H and O–H groups in total. The highest BCUT2D eigenvalue weighted by atomic mass is 35.5. The first-order valence-electron chi connectivity index (χ1n) is 9.04. The van der Waals surface area contributed by atoms with E-state index in [4.69, 9.17) is 16.3 Å². The normalized spacial score (nSPS) is 15.9. The molecule has 2 aromatic carbocycles. The van der Waals surface area contributed by atoms with Gasteiger partial charge in [0.15, 0.2) is 6.10 Å². The second-order valence-corrected chi connectivity index (χ2v) is 10.0. The lowest BCUT2D eigenvalue weighted by Crippen LogP contribution is -2.49. The summed E-state index contributed by atoms with van der Waals surface area (Å²) in [6, 6.07) is 13.8. The minimum absolute atomic E-state index is 0.0868. The molecular weight excluding hydrogens is 448 g/mol. The summed E-state index contributed by atoms with van der Waals surface area (Å²) >= 11 is 7.10. The lowest BCUT2D eigenvalue weighted by molar-refractivity contribution is -0.122. The van der Waals surface area contributed by atoms with Crippen LogP contribution in [0.5, 0.6) is 5.75 Å². The number of fused-ring (bicyclic) bond motifs is 1. The van der Waals surface area contributed by atoms with Gasteiger partial charge in [0, 0.05) is 10.6 Å². The first kappa shape index (κ1) is 20.6. The van der Waals surface area contributed by atoms with Gasteiger partial charge in [0.05, 0.1) is 18.0 Å². The average Bonchev–Trinajstić information content (AvgIpc) is 3.21. The molecule has 30 heavy (non-hydrogen) atoms. The molecule has 2 heterocycles. The number of carbonyl (C=O) groups excluding carboxylic acids is 1. The lowest BCUT2D eigenvalue weighted by Gasteiger charge is -2.34. The molecule has 0 radical (unpaired) electrons. The van der Waals surface area contributed by atoms with Crippen molar-refractivity contribution in [2.45, 2.75) is 13.0 Å². The fourth-order valence-corrected chi connectivity index (χ4v) is 4.93. The van der Waals surface area contributed by atoms with Crippen LogP contribution < -0.4 is 14.4 Å². The molecule has 1 aliphatic rings. The quantitative estimate of drug-likeness (QED) is 0.620. The molecule has 8 nitrogen and oxygen atoms in total. The summed E-state index contributed by atoms with van der Waals surface area (Å²) in [7, 11) is -3.57. The van der Waals surface area contributed by atoms with E-state index in [1.807, 2.05) is 12.1 Å². The molecule has 4 rings (SSSR count). The second-order valence-electron chi connectivity index (χ2n) is 6.41. The van der Waals surface area contributed by atoms with Crippen LogP contribution in [0.1, 0.15) is 6.92 Å². The summed E-state index contributed by atoms with van der Waals surface area (Å²) in [5.41, 5.74) is 1.24. The van der Waals surface area contributed by atoms with E-state index in [0.29, 0.717) is 21.5 Å².